The predicted molar refractivity (Wildman–Crippen MR) is 169 cm³/mol. The first kappa shape index (κ1) is 26.4. The summed E-state index contributed by atoms with van der Waals surface area (Å²) in [6.07, 6.45) is 21.3. The van der Waals surface area contributed by atoms with Crippen LogP contribution >= 0.6 is 0 Å². The molecule has 0 N–H and O–H groups in total. The van der Waals surface area contributed by atoms with Crippen LogP contribution < -0.4 is 0 Å². The lowest BCUT2D eigenvalue weighted by molar-refractivity contribution is 0.382. The van der Waals surface area contributed by atoms with E-state index < -0.39 is 0 Å². The summed E-state index contributed by atoms with van der Waals surface area (Å²) in [5.41, 5.74) is 13.4. The molecule has 6 rings (SSSR count). The zero-order chi connectivity index (χ0) is 27.5. The van der Waals surface area contributed by atoms with Crippen molar-refractivity contribution in [3.8, 4) is 0 Å². The van der Waals surface area contributed by atoms with Crippen molar-refractivity contribution in [2.45, 2.75) is 65.2 Å². The summed E-state index contributed by atoms with van der Waals surface area (Å²) >= 11 is 0. The zero-order valence-electron chi connectivity index (χ0n) is 24.0. The summed E-state index contributed by atoms with van der Waals surface area (Å²) < 4.78 is 6.59. The van der Waals surface area contributed by atoms with Crippen LogP contribution in [0.3, 0.4) is 0 Å². The van der Waals surface area contributed by atoms with Crippen LogP contribution in [0, 0.1) is 5.92 Å². The van der Waals surface area contributed by atoms with Crippen molar-refractivity contribution >= 4 is 11.3 Å². The number of allylic oxidation sites excluding steroid dienone is 13. The number of hydrogen-bond donors (Lipinski definition) is 0. The molecule has 40 heavy (non-hydrogen) atoms. The molecular formula is C39H40O. The third-order valence-corrected chi connectivity index (χ3v) is 8.69. The smallest absolute Gasteiger partial charge is 0.135 e. The Hall–Kier alpha value is -3.84. The molecule has 2 aromatic rings. The van der Waals surface area contributed by atoms with Crippen molar-refractivity contribution in [3.63, 3.8) is 0 Å². The Bertz CT molecular complexity index is 1510. The summed E-state index contributed by atoms with van der Waals surface area (Å²) in [6, 6.07) is 21.2. The van der Waals surface area contributed by atoms with Gasteiger partial charge in [-0.1, -0.05) is 96.6 Å². The zero-order valence-corrected chi connectivity index (χ0v) is 24.0. The van der Waals surface area contributed by atoms with E-state index >= 15 is 0 Å². The molecule has 2 aromatic carbocycles. The largest absolute Gasteiger partial charge is 0.456 e. The SMILES string of the molecule is C=C1C(=CC2=CC(C=C3C=C4OC(c5ccccc5)=CC(c5ccccc5)=C4CC3)CCC2)CCCC1=C(C)C. The van der Waals surface area contributed by atoms with E-state index in [9.17, 15) is 0 Å². The second kappa shape index (κ2) is 11.7. The lowest BCUT2D eigenvalue weighted by Crippen LogP contribution is -2.11. The van der Waals surface area contributed by atoms with E-state index in [1.807, 2.05) is 0 Å². The van der Waals surface area contributed by atoms with Crippen LogP contribution in [0.25, 0.3) is 11.3 Å². The van der Waals surface area contributed by atoms with Crippen LogP contribution in [-0.4, -0.2) is 0 Å². The lowest BCUT2D eigenvalue weighted by Gasteiger charge is -2.28. The first-order chi connectivity index (χ1) is 19.5. The molecule has 1 fully saturated rings. The van der Waals surface area contributed by atoms with Gasteiger partial charge in [0.1, 0.15) is 11.5 Å². The van der Waals surface area contributed by atoms with Crippen LogP contribution in [0.5, 0.6) is 0 Å². The molecule has 1 aliphatic heterocycles. The number of hydrogen-bond acceptors (Lipinski definition) is 1. The second-order valence-corrected chi connectivity index (χ2v) is 11.8. The van der Waals surface area contributed by atoms with Gasteiger partial charge >= 0.3 is 0 Å². The van der Waals surface area contributed by atoms with Gasteiger partial charge in [0.25, 0.3) is 0 Å². The van der Waals surface area contributed by atoms with Gasteiger partial charge in [-0.15, -0.1) is 0 Å². The summed E-state index contributed by atoms with van der Waals surface area (Å²) in [5.74, 6) is 2.40. The molecule has 0 spiro atoms. The maximum atomic E-state index is 6.59. The minimum Gasteiger partial charge on any atom is -0.456 e. The highest BCUT2D eigenvalue weighted by Crippen LogP contribution is 2.43. The van der Waals surface area contributed by atoms with Crippen molar-refractivity contribution in [1.82, 2.24) is 0 Å². The Labute approximate surface area is 240 Å². The van der Waals surface area contributed by atoms with Crippen LogP contribution in [0.4, 0.5) is 0 Å². The second-order valence-electron chi connectivity index (χ2n) is 11.8. The van der Waals surface area contributed by atoms with Gasteiger partial charge in [0.15, 0.2) is 0 Å². The molecule has 0 bridgehead atoms. The monoisotopic (exact) mass is 524 g/mol. The van der Waals surface area contributed by atoms with Gasteiger partial charge in [0.05, 0.1) is 0 Å². The molecule has 1 atom stereocenters. The van der Waals surface area contributed by atoms with E-state index in [1.165, 1.54) is 82.3 Å². The van der Waals surface area contributed by atoms with Crippen molar-refractivity contribution in [2.24, 2.45) is 5.92 Å². The van der Waals surface area contributed by atoms with Gasteiger partial charge in [0.2, 0.25) is 0 Å². The summed E-state index contributed by atoms with van der Waals surface area (Å²) in [6.45, 7) is 8.92. The van der Waals surface area contributed by atoms with Crippen LogP contribution in [0.2, 0.25) is 0 Å². The van der Waals surface area contributed by atoms with Gasteiger partial charge in [-0.2, -0.15) is 0 Å². The standard InChI is InChI=1S/C39H40O/c1-27(2)35-19-11-18-34(28(35)3)24-30-13-10-12-29(22-30)23-31-20-21-36-37(32-14-6-4-7-15-32)26-38(40-39(36)25-31)33-16-8-5-9-17-33/h4-9,14-17,22-26,29H,3,10-13,18-21H2,1-2H3. The Kier molecular flexibility index (Phi) is 7.73. The minimum atomic E-state index is 0.471. The maximum Gasteiger partial charge on any atom is 0.135 e. The average molecular weight is 525 g/mol. The molecular weight excluding hydrogens is 484 g/mol. The topological polar surface area (TPSA) is 9.23 Å². The Morgan fingerprint density at radius 1 is 0.800 bits per heavy atom. The fourth-order valence-electron chi connectivity index (χ4n) is 6.59. The van der Waals surface area contributed by atoms with Gasteiger partial charge in [-0.05, 0) is 117 Å². The Morgan fingerprint density at radius 2 is 1.55 bits per heavy atom. The molecule has 1 heterocycles. The molecule has 0 radical (unpaired) electrons. The van der Waals surface area contributed by atoms with E-state index in [-0.39, 0.29) is 0 Å². The summed E-state index contributed by atoms with van der Waals surface area (Å²) in [7, 11) is 0. The van der Waals surface area contributed by atoms with E-state index in [0.717, 1.165) is 36.3 Å². The van der Waals surface area contributed by atoms with Crippen LogP contribution in [0.1, 0.15) is 76.3 Å². The molecule has 0 saturated heterocycles. The van der Waals surface area contributed by atoms with Gasteiger partial charge in [-0.3, -0.25) is 0 Å². The quantitative estimate of drug-likeness (QED) is 0.386. The molecule has 4 aliphatic rings. The molecule has 0 amide bonds. The number of benzene rings is 2. The first-order valence-corrected chi connectivity index (χ1v) is 15.0. The van der Waals surface area contributed by atoms with Crippen LogP contribution in [-0.2, 0) is 4.74 Å². The first-order valence-electron chi connectivity index (χ1n) is 15.0. The van der Waals surface area contributed by atoms with E-state index in [4.69, 9.17) is 4.74 Å². The summed E-state index contributed by atoms with van der Waals surface area (Å²) in [5, 5.41) is 0. The van der Waals surface area contributed by atoms with Crippen molar-refractivity contribution in [3.05, 3.63) is 154 Å². The maximum absolute atomic E-state index is 6.59. The van der Waals surface area contributed by atoms with Gasteiger partial charge in [-0.25, -0.2) is 0 Å². The number of ether oxygens (including phenoxy) is 1. The third-order valence-electron chi connectivity index (χ3n) is 8.69. The Morgan fingerprint density at radius 3 is 2.30 bits per heavy atom. The number of fused-ring (bicyclic) bond motifs is 1. The highest BCUT2D eigenvalue weighted by molar-refractivity contribution is 5.88. The molecule has 1 heteroatoms. The van der Waals surface area contributed by atoms with E-state index in [1.54, 1.807) is 0 Å². The van der Waals surface area contributed by atoms with Crippen molar-refractivity contribution in [1.29, 1.82) is 0 Å². The molecule has 0 aromatic heterocycles. The third kappa shape index (κ3) is 5.70. The van der Waals surface area contributed by atoms with E-state index in [0.29, 0.717) is 5.92 Å². The highest BCUT2D eigenvalue weighted by atomic mass is 16.5. The fourth-order valence-corrected chi connectivity index (χ4v) is 6.59. The average Bonchev–Trinajstić information content (AvgIpc) is 2.98. The fraction of sp³-hybridized carbons (Fsp3) is 0.282. The van der Waals surface area contributed by atoms with Crippen molar-refractivity contribution < 1.29 is 4.74 Å². The van der Waals surface area contributed by atoms with Gasteiger partial charge < -0.3 is 4.74 Å². The van der Waals surface area contributed by atoms with Crippen LogP contribution in [0.15, 0.2) is 142 Å². The number of rotatable bonds is 4. The normalized spacial score (nSPS) is 23.4. The molecule has 202 valence electrons. The summed E-state index contributed by atoms with van der Waals surface area (Å²) in [4.78, 5) is 0. The molecule has 1 nitrogen and oxygen atoms in total. The minimum absolute atomic E-state index is 0.471. The molecule has 1 saturated carbocycles. The lowest BCUT2D eigenvalue weighted by atomic mass is 9.81. The van der Waals surface area contributed by atoms with Gasteiger partial charge in [0, 0.05) is 11.1 Å². The highest BCUT2D eigenvalue weighted by Gasteiger charge is 2.26. The van der Waals surface area contributed by atoms with E-state index in [2.05, 4.69) is 111 Å². The van der Waals surface area contributed by atoms with Crippen molar-refractivity contribution in [2.75, 3.05) is 0 Å². The molecule has 1 unspecified atom stereocenters. The molecule has 3 aliphatic carbocycles. The predicted octanol–water partition coefficient (Wildman–Crippen LogP) is 10.8. The Balaban J connectivity index is 1.30.